The largest absolute Gasteiger partial charge is 0.294 e. The van der Waals surface area contributed by atoms with Crippen LogP contribution in [0, 0.1) is 0 Å². The number of unbranched alkanes of at least 4 members (excludes halogenated alkanes) is 4. The summed E-state index contributed by atoms with van der Waals surface area (Å²) in [5.41, 5.74) is 3.62. The van der Waals surface area contributed by atoms with Crippen LogP contribution in [0.25, 0.3) is 0 Å². The van der Waals surface area contributed by atoms with Gasteiger partial charge in [-0.3, -0.25) is 4.79 Å². The van der Waals surface area contributed by atoms with E-state index in [1.54, 1.807) is 0 Å². The van der Waals surface area contributed by atoms with Crippen molar-refractivity contribution in [3.63, 3.8) is 0 Å². The summed E-state index contributed by atoms with van der Waals surface area (Å²) in [6.45, 7) is 7.90. The third-order valence-electron chi connectivity index (χ3n) is 2.59. The molecule has 1 heteroatoms. The summed E-state index contributed by atoms with van der Waals surface area (Å²) < 4.78 is 0. The van der Waals surface area contributed by atoms with Crippen LogP contribution in [-0.4, -0.2) is 5.78 Å². The molecule has 0 aromatic rings. The van der Waals surface area contributed by atoms with Gasteiger partial charge in [-0.2, -0.15) is 0 Å². The van der Waals surface area contributed by atoms with Crippen LogP contribution < -0.4 is 0 Å². The molecule has 0 radical (unpaired) electrons. The van der Waals surface area contributed by atoms with Gasteiger partial charge in [-0.05, 0) is 19.3 Å². The first-order valence-electron chi connectivity index (χ1n) is 6.18. The fourth-order valence-electron chi connectivity index (χ4n) is 1.54. The maximum Gasteiger partial charge on any atom is 0.166 e. The standard InChI is InChI=1S/C14H24O/c1-4-7-9-10-11-13(6-3)14(15)12-8-5-2/h3-5,7-12H2,1-2H3. The molecule has 15 heavy (non-hydrogen) atoms. The van der Waals surface area contributed by atoms with E-state index in [1.807, 2.05) is 0 Å². The van der Waals surface area contributed by atoms with Crippen LogP contribution in [0.5, 0.6) is 0 Å². The van der Waals surface area contributed by atoms with Crippen molar-refractivity contribution in [3.8, 4) is 0 Å². The maximum atomic E-state index is 11.7. The van der Waals surface area contributed by atoms with Gasteiger partial charge >= 0.3 is 0 Å². The highest BCUT2D eigenvalue weighted by molar-refractivity contribution is 5.94. The highest BCUT2D eigenvalue weighted by Crippen LogP contribution is 2.12. The quantitative estimate of drug-likeness (QED) is 0.311. The van der Waals surface area contributed by atoms with E-state index in [0.717, 1.165) is 31.3 Å². The Morgan fingerprint density at radius 3 is 2.20 bits per heavy atom. The minimum Gasteiger partial charge on any atom is -0.294 e. The number of hydrogen-bond donors (Lipinski definition) is 0. The molecule has 0 atom stereocenters. The van der Waals surface area contributed by atoms with Crippen molar-refractivity contribution in [2.75, 3.05) is 0 Å². The first-order valence-corrected chi connectivity index (χ1v) is 6.18. The van der Waals surface area contributed by atoms with Gasteiger partial charge in [-0.1, -0.05) is 46.1 Å². The van der Waals surface area contributed by atoms with Crippen molar-refractivity contribution in [1.29, 1.82) is 0 Å². The lowest BCUT2D eigenvalue weighted by Crippen LogP contribution is -2.01. The fourth-order valence-corrected chi connectivity index (χ4v) is 1.54. The first-order chi connectivity index (χ1) is 7.26. The minimum absolute atomic E-state index is 0.253. The van der Waals surface area contributed by atoms with Crippen LogP contribution in [0.4, 0.5) is 0 Å². The molecular weight excluding hydrogens is 184 g/mol. The van der Waals surface area contributed by atoms with E-state index < -0.39 is 0 Å². The van der Waals surface area contributed by atoms with Gasteiger partial charge in [0.15, 0.2) is 5.78 Å². The van der Waals surface area contributed by atoms with Crippen LogP contribution in [0.2, 0.25) is 0 Å². The first kappa shape index (κ1) is 14.2. The number of allylic oxidation sites excluding steroid dienone is 1. The molecule has 0 spiro atoms. The van der Waals surface area contributed by atoms with Crippen LogP contribution in [0.15, 0.2) is 17.9 Å². The van der Waals surface area contributed by atoms with Gasteiger partial charge in [0.05, 0.1) is 0 Å². The van der Waals surface area contributed by atoms with Crippen molar-refractivity contribution in [3.05, 3.63) is 17.9 Å². The van der Waals surface area contributed by atoms with Crippen LogP contribution in [0.3, 0.4) is 0 Å². The molecule has 0 aliphatic heterocycles. The molecule has 0 amide bonds. The lowest BCUT2D eigenvalue weighted by atomic mass is 10.0. The average molecular weight is 208 g/mol. The third-order valence-corrected chi connectivity index (χ3v) is 2.59. The smallest absolute Gasteiger partial charge is 0.166 e. The Labute approximate surface area is 94.3 Å². The van der Waals surface area contributed by atoms with Gasteiger partial charge in [0, 0.05) is 12.0 Å². The highest BCUT2D eigenvalue weighted by atomic mass is 16.1. The molecule has 0 saturated carbocycles. The van der Waals surface area contributed by atoms with Crippen molar-refractivity contribution in [2.45, 2.75) is 65.2 Å². The van der Waals surface area contributed by atoms with Crippen LogP contribution >= 0.6 is 0 Å². The van der Waals surface area contributed by atoms with Gasteiger partial charge in [0.2, 0.25) is 0 Å². The summed E-state index contributed by atoms with van der Waals surface area (Å²) in [4.78, 5) is 11.7. The molecule has 0 aromatic heterocycles. The summed E-state index contributed by atoms with van der Waals surface area (Å²) in [7, 11) is 0. The number of hydrogen-bond acceptors (Lipinski definition) is 1. The van der Waals surface area contributed by atoms with Crippen molar-refractivity contribution in [1.82, 2.24) is 0 Å². The van der Waals surface area contributed by atoms with Crippen molar-refractivity contribution >= 4 is 5.78 Å². The van der Waals surface area contributed by atoms with E-state index >= 15 is 0 Å². The summed E-state index contributed by atoms with van der Waals surface area (Å²) in [6, 6.07) is 0. The predicted octanol–water partition coefficient (Wildman–Crippen LogP) is 4.43. The van der Waals surface area contributed by atoms with E-state index in [9.17, 15) is 4.79 Å². The number of Topliss-reactive ketones (excluding diaryl/α,β-unsaturated/α-hetero) is 1. The lowest BCUT2D eigenvalue weighted by Gasteiger charge is -2.03. The van der Waals surface area contributed by atoms with E-state index in [1.165, 1.54) is 19.3 Å². The topological polar surface area (TPSA) is 17.1 Å². The molecule has 0 rings (SSSR count). The molecule has 0 aromatic carbocycles. The molecule has 0 N–H and O–H groups in total. The second-order valence-electron chi connectivity index (χ2n) is 3.99. The zero-order valence-corrected chi connectivity index (χ0v) is 10.3. The van der Waals surface area contributed by atoms with E-state index in [2.05, 4.69) is 26.2 Å². The predicted molar refractivity (Wildman–Crippen MR) is 65.9 cm³/mol. The molecule has 0 saturated heterocycles. The Morgan fingerprint density at radius 1 is 1.00 bits per heavy atom. The van der Waals surface area contributed by atoms with Gasteiger partial charge in [0.25, 0.3) is 0 Å². The monoisotopic (exact) mass is 208 g/mol. The zero-order valence-electron chi connectivity index (χ0n) is 10.3. The molecule has 0 aliphatic carbocycles. The maximum absolute atomic E-state index is 11.7. The van der Waals surface area contributed by atoms with Gasteiger partial charge < -0.3 is 0 Å². The molecule has 0 bridgehead atoms. The molecule has 0 unspecified atom stereocenters. The molecular formula is C14H24O. The van der Waals surface area contributed by atoms with E-state index in [0.29, 0.717) is 6.42 Å². The molecule has 0 aliphatic rings. The summed E-state index contributed by atoms with van der Waals surface area (Å²) in [5, 5.41) is 0. The number of rotatable bonds is 9. The second-order valence-corrected chi connectivity index (χ2v) is 3.99. The number of carbonyl (C=O) groups excluding carboxylic acids is 1. The Kier molecular flexibility index (Phi) is 9.21. The van der Waals surface area contributed by atoms with Crippen LogP contribution in [0.1, 0.15) is 65.2 Å². The van der Waals surface area contributed by atoms with Gasteiger partial charge in [-0.25, -0.2) is 0 Å². The Bertz CT molecular complexity index is 221. The fraction of sp³-hybridized carbons (Fsp3) is 0.714. The van der Waals surface area contributed by atoms with Gasteiger partial charge in [0.1, 0.15) is 0 Å². The molecule has 86 valence electrons. The molecule has 0 fully saturated rings. The highest BCUT2D eigenvalue weighted by Gasteiger charge is 2.07. The zero-order chi connectivity index (χ0) is 11.5. The second kappa shape index (κ2) is 9.73. The van der Waals surface area contributed by atoms with Crippen molar-refractivity contribution in [2.24, 2.45) is 0 Å². The molecule has 1 nitrogen and oxygen atoms in total. The summed E-state index contributed by atoms with van der Waals surface area (Å²) in [6.07, 6.45) is 8.40. The third kappa shape index (κ3) is 7.16. The Morgan fingerprint density at radius 2 is 1.67 bits per heavy atom. The number of ketones is 1. The normalized spacial score (nSPS) is 9.73. The minimum atomic E-state index is 0.253. The van der Waals surface area contributed by atoms with Crippen LogP contribution in [-0.2, 0) is 4.79 Å². The average Bonchev–Trinajstić information content (AvgIpc) is 2.26. The van der Waals surface area contributed by atoms with Gasteiger partial charge in [-0.15, -0.1) is 5.73 Å². The summed E-state index contributed by atoms with van der Waals surface area (Å²) >= 11 is 0. The van der Waals surface area contributed by atoms with E-state index in [4.69, 9.17) is 0 Å². The SMILES string of the molecule is C=C=C(CCCCCC)C(=O)CCCC. The lowest BCUT2D eigenvalue weighted by molar-refractivity contribution is -0.115. The molecule has 0 heterocycles. The van der Waals surface area contributed by atoms with E-state index in [-0.39, 0.29) is 5.78 Å². The van der Waals surface area contributed by atoms with Crippen molar-refractivity contribution < 1.29 is 4.79 Å². The Hall–Kier alpha value is -0.810. The Balaban J connectivity index is 3.82. The summed E-state index contributed by atoms with van der Waals surface area (Å²) in [5.74, 6) is 0.253. The number of carbonyl (C=O) groups is 1.